The minimum Gasteiger partial charge on any atom is -0.502 e. The number of benzene rings is 1. The zero-order valence-corrected chi connectivity index (χ0v) is 16.9. The summed E-state index contributed by atoms with van der Waals surface area (Å²) in [6.07, 6.45) is 3.60. The molecule has 2 aliphatic heterocycles. The SMILES string of the molecule is CN1C(=O)c2c(O)c(=O)c(C(=O)NCc3cccc(Cl)c3F)cn2N2CCCC[C@@H]12. The van der Waals surface area contributed by atoms with Crippen molar-refractivity contribution < 1.29 is 19.1 Å². The van der Waals surface area contributed by atoms with E-state index in [1.54, 1.807) is 13.1 Å². The molecule has 2 aromatic rings. The number of hydrogen-bond donors (Lipinski definition) is 2. The van der Waals surface area contributed by atoms with Gasteiger partial charge in [-0.3, -0.25) is 24.1 Å². The fourth-order valence-electron chi connectivity index (χ4n) is 3.95. The molecule has 2 N–H and O–H groups in total. The minimum absolute atomic E-state index is 0.0768. The van der Waals surface area contributed by atoms with Crippen molar-refractivity contribution in [3.8, 4) is 5.75 Å². The highest BCUT2D eigenvalue weighted by atomic mass is 35.5. The van der Waals surface area contributed by atoms with Crippen molar-refractivity contribution in [3.63, 3.8) is 0 Å². The molecule has 1 atom stereocenters. The van der Waals surface area contributed by atoms with Crippen LogP contribution in [0, 0.1) is 5.82 Å². The van der Waals surface area contributed by atoms with Gasteiger partial charge in [0.1, 0.15) is 17.5 Å². The van der Waals surface area contributed by atoms with Crippen LogP contribution in [-0.2, 0) is 6.54 Å². The molecule has 1 aromatic carbocycles. The highest BCUT2D eigenvalue weighted by Gasteiger charge is 2.39. The number of nitrogens with zero attached hydrogens (tertiary/aromatic N) is 3. The highest BCUT2D eigenvalue weighted by Crippen LogP contribution is 2.28. The number of piperidine rings is 1. The molecule has 4 rings (SSSR count). The van der Waals surface area contributed by atoms with Crippen LogP contribution in [0.4, 0.5) is 4.39 Å². The Morgan fingerprint density at radius 3 is 2.87 bits per heavy atom. The van der Waals surface area contributed by atoms with E-state index in [4.69, 9.17) is 11.6 Å². The van der Waals surface area contributed by atoms with E-state index < -0.39 is 28.8 Å². The Bertz CT molecular complexity index is 1100. The van der Waals surface area contributed by atoms with Crippen LogP contribution in [0.5, 0.6) is 5.75 Å². The van der Waals surface area contributed by atoms with E-state index in [0.717, 1.165) is 19.3 Å². The molecule has 0 unspecified atom stereocenters. The van der Waals surface area contributed by atoms with Gasteiger partial charge in [-0.05, 0) is 25.3 Å². The van der Waals surface area contributed by atoms with Crippen LogP contribution in [0.2, 0.25) is 5.02 Å². The van der Waals surface area contributed by atoms with Gasteiger partial charge in [-0.25, -0.2) is 4.39 Å². The summed E-state index contributed by atoms with van der Waals surface area (Å²) in [5.41, 5.74) is -1.30. The molecule has 0 bridgehead atoms. The van der Waals surface area contributed by atoms with E-state index in [1.165, 1.54) is 27.9 Å². The molecule has 158 valence electrons. The van der Waals surface area contributed by atoms with Crippen molar-refractivity contribution in [2.45, 2.75) is 32.0 Å². The summed E-state index contributed by atoms with van der Waals surface area (Å²) in [5, 5.41) is 14.7. The summed E-state index contributed by atoms with van der Waals surface area (Å²) >= 11 is 5.75. The second kappa shape index (κ2) is 7.64. The lowest BCUT2D eigenvalue weighted by molar-refractivity contribution is 0.0591. The van der Waals surface area contributed by atoms with Crippen molar-refractivity contribution in [1.82, 2.24) is 14.9 Å². The van der Waals surface area contributed by atoms with E-state index in [2.05, 4.69) is 5.32 Å². The summed E-state index contributed by atoms with van der Waals surface area (Å²) < 4.78 is 15.5. The van der Waals surface area contributed by atoms with Crippen molar-refractivity contribution in [2.75, 3.05) is 18.6 Å². The molecular formula is C20H20ClFN4O4. The Balaban J connectivity index is 1.69. The Morgan fingerprint density at radius 1 is 1.33 bits per heavy atom. The number of pyridine rings is 1. The summed E-state index contributed by atoms with van der Waals surface area (Å²) in [4.78, 5) is 39.5. The average Bonchev–Trinajstić information content (AvgIpc) is 2.74. The molecule has 0 radical (unpaired) electrons. The molecule has 3 heterocycles. The van der Waals surface area contributed by atoms with Crippen molar-refractivity contribution >= 4 is 23.4 Å². The largest absolute Gasteiger partial charge is 0.502 e. The maximum absolute atomic E-state index is 14.1. The van der Waals surface area contributed by atoms with Gasteiger partial charge in [0.15, 0.2) is 11.4 Å². The van der Waals surface area contributed by atoms with Crippen LogP contribution in [0.1, 0.15) is 45.7 Å². The first-order valence-corrected chi connectivity index (χ1v) is 9.93. The van der Waals surface area contributed by atoms with Crippen LogP contribution in [0.25, 0.3) is 0 Å². The molecule has 1 fully saturated rings. The topological polar surface area (TPSA) is 94.9 Å². The Morgan fingerprint density at radius 2 is 2.10 bits per heavy atom. The normalized spacial score (nSPS) is 18.1. The number of aromatic hydroxyl groups is 1. The van der Waals surface area contributed by atoms with E-state index >= 15 is 0 Å². The van der Waals surface area contributed by atoms with Gasteiger partial charge in [-0.1, -0.05) is 23.7 Å². The number of fused-ring (bicyclic) bond motifs is 3. The lowest BCUT2D eigenvalue weighted by Crippen LogP contribution is -2.61. The fraction of sp³-hybridized carbons (Fsp3) is 0.350. The number of hydrogen-bond acceptors (Lipinski definition) is 5. The lowest BCUT2D eigenvalue weighted by Gasteiger charge is -2.47. The Kier molecular flexibility index (Phi) is 5.15. The molecule has 0 aliphatic carbocycles. The molecule has 8 nitrogen and oxygen atoms in total. The van der Waals surface area contributed by atoms with Gasteiger partial charge in [0.25, 0.3) is 11.8 Å². The predicted molar refractivity (Wildman–Crippen MR) is 108 cm³/mol. The minimum atomic E-state index is -0.956. The number of aromatic nitrogens is 1. The molecule has 30 heavy (non-hydrogen) atoms. The van der Waals surface area contributed by atoms with Gasteiger partial charge in [0.05, 0.1) is 5.02 Å². The first-order valence-electron chi connectivity index (χ1n) is 9.55. The molecule has 1 saturated heterocycles. The van der Waals surface area contributed by atoms with E-state index in [0.29, 0.717) is 6.54 Å². The zero-order valence-electron chi connectivity index (χ0n) is 16.2. The number of amides is 2. The summed E-state index contributed by atoms with van der Waals surface area (Å²) in [7, 11) is 1.62. The van der Waals surface area contributed by atoms with Crippen molar-refractivity contribution in [3.05, 3.63) is 62.3 Å². The molecule has 2 amide bonds. The first-order chi connectivity index (χ1) is 14.3. The second-order valence-corrected chi connectivity index (χ2v) is 7.77. The van der Waals surface area contributed by atoms with Gasteiger partial charge >= 0.3 is 0 Å². The van der Waals surface area contributed by atoms with Gasteiger partial charge < -0.3 is 15.3 Å². The van der Waals surface area contributed by atoms with Gasteiger partial charge in [0, 0.05) is 31.9 Å². The van der Waals surface area contributed by atoms with Crippen LogP contribution in [0.3, 0.4) is 0 Å². The van der Waals surface area contributed by atoms with Crippen LogP contribution in [0.15, 0.2) is 29.2 Å². The third kappa shape index (κ3) is 3.19. The number of halogens is 2. The van der Waals surface area contributed by atoms with Gasteiger partial charge in [-0.2, -0.15) is 0 Å². The maximum atomic E-state index is 14.1. The predicted octanol–water partition coefficient (Wildman–Crippen LogP) is 1.81. The summed E-state index contributed by atoms with van der Waals surface area (Å²) in [6, 6.07) is 4.40. The number of rotatable bonds is 3. The van der Waals surface area contributed by atoms with Crippen LogP contribution >= 0.6 is 11.6 Å². The molecule has 1 aromatic heterocycles. The van der Waals surface area contributed by atoms with E-state index in [-0.39, 0.29) is 34.6 Å². The van der Waals surface area contributed by atoms with Crippen molar-refractivity contribution in [2.24, 2.45) is 0 Å². The maximum Gasteiger partial charge on any atom is 0.277 e. The standard InChI is InChI=1S/C20H20ClFN4O4/c1-24-14-7-2-3-8-25(14)26-10-12(17(27)18(28)16(26)20(24)30)19(29)23-9-11-5-4-6-13(21)15(11)22/h4-6,10,14,28H,2-3,7-9H2,1H3,(H,23,29)/t14-/m0/s1. The zero-order chi connectivity index (χ0) is 21.6. The van der Waals surface area contributed by atoms with Crippen LogP contribution in [-0.4, -0.2) is 46.3 Å². The van der Waals surface area contributed by atoms with Crippen molar-refractivity contribution in [1.29, 1.82) is 0 Å². The first kappa shape index (κ1) is 20.2. The number of carbonyl (C=O) groups is 2. The summed E-state index contributed by atoms with van der Waals surface area (Å²) in [5.74, 6) is -2.71. The van der Waals surface area contributed by atoms with E-state index in [9.17, 15) is 23.9 Å². The molecular weight excluding hydrogens is 415 g/mol. The lowest BCUT2D eigenvalue weighted by atomic mass is 10.1. The number of nitrogens with one attached hydrogen (secondary N) is 1. The second-order valence-electron chi connectivity index (χ2n) is 7.36. The number of carbonyl (C=O) groups excluding carboxylic acids is 2. The molecule has 10 heteroatoms. The quantitative estimate of drug-likeness (QED) is 0.768. The Labute approximate surface area is 176 Å². The van der Waals surface area contributed by atoms with E-state index in [1.807, 2.05) is 5.01 Å². The smallest absolute Gasteiger partial charge is 0.277 e. The molecule has 2 aliphatic rings. The van der Waals surface area contributed by atoms with Gasteiger partial charge in [-0.15, -0.1) is 0 Å². The molecule has 0 saturated carbocycles. The fourth-order valence-corrected chi connectivity index (χ4v) is 4.15. The van der Waals surface area contributed by atoms with Gasteiger partial charge in [0.2, 0.25) is 5.43 Å². The third-order valence-electron chi connectivity index (χ3n) is 5.57. The highest BCUT2D eigenvalue weighted by molar-refractivity contribution is 6.30. The van der Waals surface area contributed by atoms with Crippen LogP contribution < -0.4 is 15.8 Å². The molecule has 0 spiro atoms. The third-order valence-corrected chi connectivity index (χ3v) is 5.86. The average molecular weight is 435 g/mol. The monoisotopic (exact) mass is 434 g/mol. The Hall–Kier alpha value is -3.07. The summed E-state index contributed by atoms with van der Waals surface area (Å²) in [6.45, 7) is 0.410.